The molecule has 8 nitrogen and oxygen atoms in total. The number of carbonyl (C=O) groups excluding carboxylic acids is 1. The fourth-order valence-corrected chi connectivity index (χ4v) is 2.99. The third kappa shape index (κ3) is 4.43. The van der Waals surface area contributed by atoms with Gasteiger partial charge >= 0.3 is 0 Å². The second kappa shape index (κ2) is 9.13. The van der Waals surface area contributed by atoms with Gasteiger partial charge in [-0.2, -0.15) is 0 Å². The van der Waals surface area contributed by atoms with Crippen LogP contribution in [0.4, 0.5) is 17.3 Å². The number of ether oxygens (including phenoxy) is 3. The molecule has 0 aliphatic carbocycles. The van der Waals surface area contributed by atoms with Crippen molar-refractivity contribution in [1.29, 1.82) is 0 Å². The molecule has 2 aromatic carbocycles. The van der Waals surface area contributed by atoms with Crippen LogP contribution in [0, 0.1) is 13.8 Å². The minimum atomic E-state index is -0.272. The van der Waals surface area contributed by atoms with Crippen LogP contribution >= 0.6 is 0 Å². The van der Waals surface area contributed by atoms with Crippen molar-refractivity contribution in [1.82, 2.24) is 9.97 Å². The second-order valence-corrected chi connectivity index (χ2v) is 6.56. The van der Waals surface area contributed by atoms with Crippen LogP contribution in [0.5, 0.6) is 17.2 Å². The summed E-state index contributed by atoms with van der Waals surface area (Å²) in [6.07, 6.45) is 2.94. The average molecular weight is 408 g/mol. The Labute approximate surface area is 175 Å². The summed E-state index contributed by atoms with van der Waals surface area (Å²) in [4.78, 5) is 21.0. The molecule has 3 rings (SSSR count). The van der Waals surface area contributed by atoms with Crippen LogP contribution in [0.1, 0.15) is 21.5 Å². The van der Waals surface area contributed by atoms with Crippen LogP contribution in [0.3, 0.4) is 0 Å². The highest BCUT2D eigenvalue weighted by molar-refractivity contribution is 6.04. The summed E-state index contributed by atoms with van der Waals surface area (Å²) in [6.45, 7) is 3.90. The van der Waals surface area contributed by atoms with E-state index in [1.54, 1.807) is 33.5 Å². The predicted molar refractivity (Wildman–Crippen MR) is 115 cm³/mol. The Morgan fingerprint density at radius 3 is 1.97 bits per heavy atom. The third-order valence-electron chi connectivity index (χ3n) is 4.55. The quantitative estimate of drug-likeness (QED) is 0.607. The topological polar surface area (TPSA) is 94.6 Å². The zero-order chi connectivity index (χ0) is 21.7. The number of anilines is 3. The number of aromatic nitrogens is 2. The minimum Gasteiger partial charge on any atom is -0.493 e. The Kier molecular flexibility index (Phi) is 6.36. The molecular formula is C22H24N4O4. The number of aryl methyl sites for hydroxylation is 2. The van der Waals surface area contributed by atoms with E-state index in [1.165, 1.54) is 12.4 Å². The van der Waals surface area contributed by atoms with Crippen LogP contribution in [-0.2, 0) is 0 Å². The molecule has 3 aromatic rings. The molecule has 0 spiro atoms. The summed E-state index contributed by atoms with van der Waals surface area (Å²) >= 11 is 0. The number of amides is 1. The summed E-state index contributed by atoms with van der Waals surface area (Å²) < 4.78 is 16.0. The maximum atomic E-state index is 12.6. The number of rotatable bonds is 7. The van der Waals surface area contributed by atoms with Crippen molar-refractivity contribution >= 4 is 23.2 Å². The molecule has 0 atom stereocenters. The molecule has 1 heterocycles. The first-order valence-corrected chi connectivity index (χ1v) is 9.23. The molecular weight excluding hydrogens is 384 g/mol. The van der Waals surface area contributed by atoms with E-state index in [0.29, 0.717) is 34.4 Å². The van der Waals surface area contributed by atoms with Gasteiger partial charge in [0.2, 0.25) is 11.7 Å². The van der Waals surface area contributed by atoms with Crippen molar-refractivity contribution < 1.29 is 19.0 Å². The lowest BCUT2D eigenvalue weighted by Gasteiger charge is -2.14. The summed E-state index contributed by atoms with van der Waals surface area (Å²) in [6, 6.07) is 9.33. The van der Waals surface area contributed by atoms with Crippen molar-refractivity contribution in [3.8, 4) is 17.2 Å². The Balaban J connectivity index is 1.77. The van der Waals surface area contributed by atoms with Gasteiger partial charge in [0, 0.05) is 35.9 Å². The van der Waals surface area contributed by atoms with Crippen LogP contribution in [0.15, 0.2) is 42.7 Å². The second-order valence-electron chi connectivity index (χ2n) is 6.56. The molecule has 0 saturated heterocycles. The molecule has 8 heteroatoms. The summed E-state index contributed by atoms with van der Waals surface area (Å²) in [5, 5.41) is 5.99. The van der Waals surface area contributed by atoms with Crippen LogP contribution in [-0.4, -0.2) is 37.2 Å². The number of hydrogen-bond acceptors (Lipinski definition) is 7. The smallest absolute Gasteiger partial charge is 0.258 e. The molecule has 0 radical (unpaired) electrons. The van der Waals surface area contributed by atoms with Crippen LogP contribution < -0.4 is 24.8 Å². The van der Waals surface area contributed by atoms with E-state index in [1.807, 2.05) is 32.0 Å². The third-order valence-corrected chi connectivity index (χ3v) is 4.55. The first-order valence-electron chi connectivity index (χ1n) is 9.23. The van der Waals surface area contributed by atoms with Crippen LogP contribution in [0.2, 0.25) is 0 Å². The van der Waals surface area contributed by atoms with Gasteiger partial charge in [0.15, 0.2) is 11.5 Å². The number of methoxy groups -OCH3 is 3. The zero-order valence-corrected chi connectivity index (χ0v) is 17.6. The molecule has 0 unspecified atom stereocenters. The molecule has 0 bridgehead atoms. The Bertz CT molecular complexity index is 1010. The number of nitrogens with one attached hydrogen (secondary N) is 2. The summed E-state index contributed by atoms with van der Waals surface area (Å²) in [5.41, 5.74) is 3.78. The van der Waals surface area contributed by atoms with Gasteiger partial charge in [0.25, 0.3) is 5.91 Å². The van der Waals surface area contributed by atoms with Crippen molar-refractivity contribution in [3.05, 3.63) is 59.4 Å². The van der Waals surface area contributed by atoms with Crippen LogP contribution in [0.25, 0.3) is 0 Å². The van der Waals surface area contributed by atoms with Gasteiger partial charge in [0.1, 0.15) is 0 Å². The zero-order valence-electron chi connectivity index (χ0n) is 17.6. The number of carbonyl (C=O) groups is 1. The molecule has 0 aliphatic rings. The van der Waals surface area contributed by atoms with Gasteiger partial charge in [-0.3, -0.25) is 4.79 Å². The maximum Gasteiger partial charge on any atom is 0.258 e. The maximum absolute atomic E-state index is 12.6. The SMILES string of the molecule is COc1cc(Nc2ncc(C(=O)Nc3c(C)cccc3C)cn2)cc(OC)c1OC. The Morgan fingerprint density at radius 1 is 0.900 bits per heavy atom. The van der Waals surface area contributed by atoms with Crippen molar-refractivity contribution in [2.24, 2.45) is 0 Å². The standard InChI is InChI=1S/C22H24N4O4/c1-13-7-6-8-14(2)19(13)26-21(27)15-11-23-22(24-12-15)25-16-9-17(28-3)20(30-5)18(10-16)29-4/h6-12H,1-5H3,(H,26,27)(H,23,24,25). The number of nitrogens with zero attached hydrogens (tertiary/aromatic N) is 2. The minimum absolute atomic E-state index is 0.272. The molecule has 0 saturated carbocycles. The highest BCUT2D eigenvalue weighted by Gasteiger charge is 2.15. The van der Waals surface area contributed by atoms with E-state index in [4.69, 9.17) is 14.2 Å². The van der Waals surface area contributed by atoms with Crippen molar-refractivity contribution in [2.45, 2.75) is 13.8 Å². The van der Waals surface area contributed by atoms with E-state index >= 15 is 0 Å². The highest BCUT2D eigenvalue weighted by Crippen LogP contribution is 2.40. The molecule has 2 N–H and O–H groups in total. The van der Waals surface area contributed by atoms with E-state index in [9.17, 15) is 4.79 Å². The monoisotopic (exact) mass is 408 g/mol. The van der Waals surface area contributed by atoms with Gasteiger partial charge in [-0.1, -0.05) is 18.2 Å². The molecule has 0 fully saturated rings. The number of benzene rings is 2. The van der Waals surface area contributed by atoms with Crippen molar-refractivity contribution in [2.75, 3.05) is 32.0 Å². The lowest BCUT2D eigenvalue weighted by molar-refractivity contribution is 0.102. The first kappa shape index (κ1) is 20.9. The molecule has 156 valence electrons. The van der Waals surface area contributed by atoms with E-state index in [0.717, 1.165) is 16.8 Å². The highest BCUT2D eigenvalue weighted by atomic mass is 16.5. The van der Waals surface area contributed by atoms with Crippen molar-refractivity contribution in [3.63, 3.8) is 0 Å². The molecule has 1 amide bonds. The normalized spacial score (nSPS) is 10.3. The lowest BCUT2D eigenvalue weighted by Crippen LogP contribution is -2.14. The van der Waals surface area contributed by atoms with Gasteiger partial charge in [-0.05, 0) is 25.0 Å². The molecule has 0 aliphatic heterocycles. The van der Waals surface area contributed by atoms with E-state index < -0.39 is 0 Å². The first-order chi connectivity index (χ1) is 14.5. The molecule has 1 aromatic heterocycles. The lowest BCUT2D eigenvalue weighted by atomic mass is 10.1. The fourth-order valence-electron chi connectivity index (χ4n) is 2.99. The number of para-hydroxylation sites is 1. The largest absolute Gasteiger partial charge is 0.493 e. The van der Waals surface area contributed by atoms with Gasteiger partial charge in [-0.25, -0.2) is 9.97 Å². The average Bonchev–Trinajstić information content (AvgIpc) is 2.76. The van der Waals surface area contributed by atoms with E-state index in [2.05, 4.69) is 20.6 Å². The fraction of sp³-hybridized carbons (Fsp3) is 0.227. The summed E-state index contributed by atoms with van der Waals surface area (Å²) in [5.74, 6) is 1.55. The molecule has 30 heavy (non-hydrogen) atoms. The van der Waals surface area contributed by atoms with Gasteiger partial charge in [0.05, 0.1) is 26.9 Å². The Morgan fingerprint density at radius 2 is 1.47 bits per heavy atom. The van der Waals surface area contributed by atoms with E-state index in [-0.39, 0.29) is 5.91 Å². The Hall–Kier alpha value is -3.81. The van der Waals surface area contributed by atoms with Gasteiger partial charge < -0.3 is 24.8 Å². The van der Waals surface area contributed by atoms with Gasteiger partial charge in [-0.15, -0.1) is 0 Å². The number of hydrogen-bond donors (Lipinski definition) is 2. The predicted octanol–water partition coefficient (Wildman–Crippen LogP) is 4.12. The summed E-state index contributed by atoms with van der Waals surface area (Å²) in [7, 11) is 4.63.